The first-order valence-corrected chi connectivity index (χ1v) is 8.29. The zero-order valence-electron chi connectivity index (χ0n) is 13.2. The molecule has 5 heteroatoms. The molecule has 0 spiro atoms. The Kier molecular flexibility index (Phi) is 7.12. The average Bonchev–Trinajstić information content (AvgIpc) is 3.18. The van der Waals surface area contributed by atoms with E-state index < -0.39 is 0 Å². The standard InChI is InChI=1S/C16H29N5/c1-17-16(20-11-13-21-12-10-18-14-21)19-9-5-4-8-15-6-2-3-7-15/h10,12,14-15H,2-9,11,13H2,1H3,(H2,17,19,20). The van der Waals surface area contributed by atoms with E-state index >= 15 is 0 Å². The third kappa shape index (κ3) is 6.19. The van der Waals surface area contributed by atoms with Crippen LogP contribution >= 0.6 is 0 Å². The van der Waals surface area contributed by atoms with E-state index in [1.54, 1.807) is 6.20 Å². The van der Waals surface area contributed by atoms with Crippen molar-refractivity contribution in [3.63, 3.8) is 0 Å². The molecule has 0 bridgehead atoms. The SMILES string of the molecule is CN=C(NCCCCC1CCCC1)NCCn1ccnc1. The van der Waals surface area contributed by atoms with Gasteiger partial charge in [-0.15, -0.1) is 0 Å². The summed E-state index contributed by atoms with van der Waals surface area (Å²) in [5.74, 6) is 1.91. The highest BCUT2D eigenvalue weighted by Crippen LogP contribution is 2.28. The van der Waals surface area contributed by atoms with Crippen molar-refractivity contribution in [1.29, 1.82) is 0 Å². The Bertz CT molecular complexity index is 393. The molecule has 118 valence electrons. The van der Waals surface area contributed by atoms with E-state index in [0.29, 0.717) is 0 Å². The predicted molar refractivity (Wildman–Crippen MR) is 87.4 cm³/mol. The maximum absolute atomic E-state index is 4.25. The first-order chi connectivity index (χ1) is 10.4. The van der Waals surface area contributed by atoms with Crippen molar-refractivity contribution in [2.75, 3.05) is 20.1 Å². The van der Waals surface area contributed by atoms with Crippen LogP contribution in [-0.4, -0.2) is 35.6 Å². The minimum Gasteiger partial charge on any atom is -0.356 e. The lowest BCUT2D eigenvalue weighted by molar-refractivity contribution is 0.472. The monoisotopic (exact) mass is 291 g/mol. The van der Waals surface area contributed by atoms with E-state index in [4.69, 9.17) is 0 Å². The summed E-state index contributed by atoms with van der Waals surface area (Å²) >= 11 is 0. The summed E-state index contributed by atoms with van der Waals surface area (Å²) in [5.41, 5.74) is 0. The number of nitrogens with one attached hydrogen (secondary N) is 2. The lowest BCUT2D eigenvalue weighted by Gasteiger charge is -2.13. The number of rotatable bonds is 8. The summed E-state index contributed by atoms with van der Waals surface area (Å²) < 4.78 is 2.06. The normalized spacial score (nSPS) is 16.3. The molecule has 0 amide bonds. The first-order valence-electron chi connectivity index (χ1n) is 8.29. The molecule has 2 rings (SSSR count). The molecule has 0 unspecified atom stereocenters. The van der Waals surface area contributed by atoms with Gasteiger partial charge in [-0.25, -0.2) is 4.98 Å². The van der Waals surface area contributed by atoms with Gasteiger partial charge < -0.3 is 15.2 Å². The van der Waals surface area contributed by atoms with Crippen LogP contribution in [0.25, 0.3) is 0 Å². The van der Waals surface area contributed by atoms with E-state index in [1.807, 2.05) is 19.6 Å². The van der Waals surface area contributed by atoms with E-state index in [0.717, 1.165) is 31.5 Å². The number of hydrogen-bond donors (Lipinski definition) is 2. The Balaban J connectivity index is 1.49. The molecule has 1 heterocycles. The number of guanidine groups is 1. The van der Waals surface area contributed by atoms with Crippen molar-refractivity contribution in [3.8, 4) is 0 Å². The Hall–Kier alpha value is -1.52. The number of hydrogen-bond acceptors (Lipinski definition) is 2. The van der Waals surface area contributed by atoms with Crippen LogP contribution in [-0.2, 0) is 6.54 Å². The predicted octanol–water partition coefficient (Wildman–Crippen LogP) is 2.41. The molecule has 0 atom stereocenters. The van der Waals surface area contributed by atoms with Gasteiger partial charge in [0.15, 0.2) is 5.96 Å². The van der Waals surface area contributed by atoms with Crippen LogP contribution in [0.3, 0.4) is 0 Å². The average molecular weight is 291 g/mol. The molecular weight excluding hydrogens is 262 g/mol. The van der Waals surface area contributed by atoms with Crippen molar-refractivity contribution >= 4 is 5.96 Å². The van der Waals surface area contributed by atoms with E-state index in [9.17, 15) is 0 Å². The van der Waals surface area contributed by atoms with Gasteiger partial charge in [-0.3, -0.25) is 4.99 Å². The van der Waals surface area contributed by atoms with Crippen LogP contribution in [0.2, 0.25) is 0 Å². The molecule has 21 heavy (non-hydrogen) atoms. The summed E-state index contributed by atoms with van der Waals surface area (Å²) in [7, 11) is 1.82. The second-order valence-electron chi connectivity index (χ2n) is 5.87. The molecular formula is C16H29N5. The second-order valence-corrected chi connectivity index (χ2v) is 5.87. The molecule has 0 aliphatic heterocycles. The molecule has 5 nitrogen and oxygen atoms in total. The van der Waals surface area contributed by atoms with Crippen molar-refractivity contribution < 1.29 is 0 Å². The second kappa shape index (κ2) is 9.42. The van der Waals surface area contributed by atoms with Crippen LogP contribution < -0.4 is 10.6 Å². The summed E-state index contributed by atoms with van der Waals surface area (Å²) in [6.07, 6.45) is 15.4. The van der Waals surface area contributed by atoms with Gasteiger partial charge in [-0.2, -0.15) is 0 Å². The van der Waals surface area contributed by atoms with Gasteiger partial charge >= 0.3 is 0 Å². The van der Waals surface area contributed by atoms with Crippen molar-refractivity contribution in [2.24, 2.45) is 10.9 Å². The van der Waals surface area contributed by atoms with Crippen LogP contribution in [0, 0.1) is 5.92 Å². The molecule has 1 aromatic rings. The van der Waals surface area contributed by atoms with Crippen molar-refractivity contribution in [2.45, 2.75) is 51.5 Å². The van der Waals surface area contributed by atoms with Crippen LogP contribution in [0.1, 0.15) is 44.9 Å². The Morgan fingerprint density at radius 2 is 2.05 bits per heavy atom. The van der Waals surface area contributed by atoms with Crippen LogP contribution in [0.15, 0.2) is 23.7 Å². The minimum absolute atomic E-state index is 0.859. The van der Waals surface area contributed by atoms with E-state index in [2.05, 4.69) is 25.2 Å². The smallest absolute Gasteiger partial charge is 0.191 e. The van der Waals surface area contributed by atoms with Crippen LogP contribution in [0.4, 0.5) is 0 Å². The molecule has 1 aromatic heterocycles. The fraction of sp³-hybridized carbons (Fsp3) is 0.750. The van der Waals surface area contributed by atoms with Gasteiger partial charge in [0.25, 0.3) is 0 Å². The molecule has 1 aliphatic carbocycles. The zero-order valence-corrected chi connectivity index (χ0v) is 13.2. The molecule has 1 saturated carbocycles. The maximum Gasteiger partial charge on any atom is 0.191 e. The number of aromatic nitrogens is 2. The largest absolute Gasteiger partial charge is 0.356 e. The number of unbranched alkanes of at least 4 members (excludes halogenated alkanes) is 1. The quantitative estimate of drug-likeness (QED) is 0.439. The molecule has 0 aromatic carbocycles. The van der Waals surface area contributed by atoms with Gasteiger partial charge in [0.05, 0.1) is 6.33 Å². The minimum atomic E-state index is 0.859. The lowest BCUT2D eigenvalue weighted by Crippen LogP contribution is -2.39. The third-order valence-electron chi connectivity index (χ3n) is 4.25. The Morgan fingerprint density at radius 1 is 1.24 bits per heavy atom. The van der Waals surface area contributed by atoms with Crippen LogP contribution in [0.5, 0.6) is 0 Å². The van der Waals surface area contributed by atoms with Gasteiger partial charge in [0.1, 0.15) is 0 Å². The first kappa shape index (κ1) is 15.9. The number of aliphatic imine (C=N–C) groups is 1. The van der Waals surface area contributed by atoms with Crippen molar-refractivity contribution in [1.82, 2.24) is 20.2 Å². The highest BCUT2D eigenvalue weighted by Gasteiger charge is 2.13. The Labute approximate surface area is 128 Å². The van der Waals surface area contributed by atoms with E-state index in [-0.39, 0.29) is 0 Å². The topological polar surface area (TPSA) is 54.2 Å². The van der Waals surface area contributed by atoms with Gasteiger partial charge in [-0.05, 0) is 12.3 Å². The highest BCUT2D eigenvalue weighted by molar-refractivity contribution is 5.79. The zero-order chi connectivity index (χ0) is 14.8. The molecule has 0 saturated heterocycles. The van der Waals surface area contributed by atoms with Gasteiger partial charge in [0.2, 0.25) is 0 Å². The fourth-order valence-corrected chi connectivity index (χ4v) is 3.01. The highest BCUT2D eigenvalue weighted by atomic mass is 15.2. The van der Waals surface area contributed by atoms with Gasteiger partial charge in [0, 0.05) is 39.1 Å². The summed E-state index contributed by atoms with van der Waals surface area (Å²) in [4.78, 5) is 8.28. The summed E-state index contributed by atoms with van der Waals surface area (Å²) in [6, 6.07) is 0. The molecule has 0 radical (unpaired) electrons. The third-order valence-corrected chi connectivity index (χ3v) is 4.25. The molecule has 1 aliphatic rings. The summed E-state index contributed by atoms with van der Waals surface area (Å²) in [5, 5.41) is 6.72. The maximum atomic E-state index is 4.25. The van der Waals surface area contributed by atoms with E-state index in [1.165, 1.54) is 44.9 Å². The van der Waals surface area contributed by atoms with Crippen molar-refractivity contribution in [3.05, 3.63) is 18.7 Å². The van der Waals surface area contributed by atoms with Gasteiger partial charge in [-0.1, -0.05) is 38.5 Å². The summed E-state index contributed by atoms with van der Waals surface area (Å²) in [6.45, 7) is 2.78. The lowest BCUT2D eigenvalue weighted by atomic mass is 10.0. The fourth-order valence-electron chi connectivity index (χ4n) is 3.01. The Morgan fingerprint density at radius 3 is 2.76 bits per heavy atom. The molecule has 2 N–H and O–H groups in total. The molecule has 1 fully saturated rings. The number of nitrogens with zero attached hydrogens (tertiary/aromatic N) is 3. The number of imidazole rings is 1.